The van der Waals surface area contributed by atoms with E-state index in [4.69, 9.17) is 15.9 Å². The van der Waals surface area contributed by atoms with Crippen LogP contribution in [-0.2, 0) is 0 Å². The molecule has 0 atom stereocenters. The summed E-state index contributed by atoms with van der Waals surface area (Å²) in [6, 6.07) is 0. The van der Waals surface area contributed by atoms with Crippen molar-refractivity contribution < 1.29 is 15.4 Å². The van der Waals surface area contributed by atoms with E-state index in [1.54, 1.807) is 0 Å². The molecule has 0 aliphatic carbocycles. The summed E-state index contributed by atoms with van der Waals surface area (Å²) in [7, 11) is 0. The van der Waals surface area contributed by atoms with Crippen molar-refractivity contribution in [3.8, 4) is 0 Å². The molecule has 0 fully saturated rings. The minimum absolute atomic E-state index is 0. The van der Waals surface area contributed by atoms with E-state index in [1.165, 1.54) is 0 Å². The second-order valence-electron chi connectivity index (χ2n) is 0.289. The van der Waals surface area contributed by atoms with Crippen LogP contribution in [0, 0.1) is 5.53 Å². The van der Waals surface area contributed by atoms with Crippen LogP contribution in [-0.4, -0.2) is 15.4 Å². The van der Waals surface area contributed by atoms with Gasteiger partial charge in [0.2, 0.25) is 0 Å². The fourth-order valence-electron chi connectivity index (χ4n) is 0. The highest BCUT2D eigenvalue weighted by Gasteiger charge is 1.68. The zero-order valence-corrected chi connectivity index (χ0v) is 2.55. The lowest BCUT2D eigenvalue weighted by atomic mass is 12.9. The molecule has 0 saturated heterocycles. The van der Waals surface area contributed by atoms with Gasteiger partial charge in [0, 0.05) is 5.53 Å². The fraction of sp³-hybridized carbons (Fsp3) is 0. The minimum atomic E-state index is -0.750. The Bertz CT molecular complexity index is 27.9. The highest BCUT2D eigenvalue weighted by molar-refractivity contribution is 2.37. The molecule has 0 amide bonds. The summed E-state index contributed by atoms with van der Waals surface area (Å²) in [6.07, 6.45) is 0. The fourth-order valence-corrected chi connectivity index (χ4v) is 0. The molecule has 0 bridgehead atoms. The molecule has 0 rings (SSSR count). The Hall–Kier alpha value is -0.840. The topological polar surface area (TPSA) is 102 Å². The van der Waals surface area contributed by atoms with Gasteiger partial charge in [-0.05, 0) is 0 Å². The predicted molar refractivity (Wildman–Crippen MR) is 11.6 cm³/mol. The zero-order valence-electron chi connectivity index (χ0n) is 2.55. The van der Waals surface area contributed by atoms with E-state index >= 15 is 0 Å². The summed E-state index contributed by atoms with van der Waals surface area (Å²) < 4.78 is 0. The van der Waals surface area contributed by atoms with Crippen LogP contribution in [0.3, 0.4) is 0 Å². The van der Waals surface area contributed by atoms with Crippen molar-refractivity contribution in [3.63, 3.8) is 0 Å². The normalized spacial score (nSPS) is 4.80. The molecule has 6 N–H and O–H groups in total. The van der Waals surface area contributed by atoms with Crippen molar-refractivity contribution in [2.45, 2.75) is 0 Å². The largest absolute Gasteiger partial charge is 0.344 e. The average Bonchev–Trinajstić information content (AvgIpc) is 0.811. The number of hydrogen-bond acceptors (Lipinski definition) is 2. The summed E-state index contributed by atoms with van der Waals surface area (Å²) in [5.74, 6) is 0. The monoisotopic (exact) mass is 80.0 g/mol. The summed E-state index contributed by atoms with van der Waals surface area (Å²) in [5.41, 5.74) is 5.53. The van der Waals surface area contributed by atoms with E-state index < -0.39 is 5.02 Å². The molecule has 0 aliphatic rings. The highest BCUT2D eigenvalue weighted by atomic mass is 16.8. The maximum atomic E-state index is 7.11. The van der Waals surface area contributed by atoms with Gasteiger partial charge in [-0.1, -0.05) is 0 Å². The van der Waals surface area contributed by atoms with E-state index in [0.29, 0.717) is 0 Å². The molecule has 5 heavy (non-hydrogen) atoms. The lowest BCUT2D eigenvalue weighted by Gasteiger charge is -1.52. The Labute approximate surface area is 28.5 Å². The predicted octanol–water partition coefficient (Wildman–Crippen LogP) is -0.0297. The second kappa shape index (κ2) is 3.16. The summed E-state index contributed by atoms with van der Waals surface area (Å²) >= 11 is 0. The van der Waals surface area contributed by atoms with Gasteiger partial charge in [0.15, 0.2) is 0 Å². The van der Waals surface area contributed by atoms with Gasteiger partial charge in [-0.25, -0.2) is 10.4 Å². The molecule has 0 aromatic rings. The van der Waals surface area contributed by atoms with Crippen molar-refractivity contribution in [2.24, 2.45) is 0 Å². The van der Waals surface area contributed by atoms with Crippen LogP contribution in [0.5, 0.6) is 0 Å². The molecular weight excluding hydrogens is 74.0 g/mol. The van der Waals surface area contributed by atoms with Gasteiger partial charge in [-0.3, -0.25) is 0 Å². The third-order valence-electron chi connectivity index (χ3n) is 0. The molecular formula is H6N3O2+. The van der Waals surface area contributed by atoms with Crippen LogP contribution in [0.15, 0.2) is 0 Å². The summed E-state index contributed by atoms with van der Waals surface area (Å²) in [4.78, 5) is 0. The molecule has 0 saturated carbocycles. The number of nitrogens with zero attached hydrogens (tertiary/aromatic N) is 1. The van der Waals surface area contributed by atoms with E-state index in [-0.39, 0.29) is 6.15 Å². The SMILES string of the molecule is N.N=[N+](O)O. The van der Waals surface area contributed by atoms with Gasteiger partial charge in [-0.2, -0.15) is 0 Å². The third kappa shape index (κ3) is 6.03. The molecule has 5 heteroatoms. The first-order valence-corrected chi connectivity index (χ1v) is 0.624. The Morgan fingerprint density at radius 3 is 1.40 bits per heavy atom. The lowest BCUT2D eigenvalue weighted by Crippen LogP contribution is -1.86. The molecule has 0 heterocycles. The standard InChI is InChI=1S/H3N2O2.H3N/c1-2(3)4;/h(H3,1,3,4);1H3/q+1;. The summed E-state index contributed by atoms with van der Waals surface area (Å²) in [6.45, 7) is 0. The van der Waals surface area contributed by atoms with Crippen LogP contribution in [0.25, 0.3) is 0 Å². The Morgan fingerprint density at radius 1 is 1.40 bits per heavy atom. The average molecular weight is 80.1 g/mol. The Kier molecular flexibility index (Phi) is 5.63. The maximum absolute atomic E-state index is 7.11. The minimum Gasteiger partial charge on any atom is -0.344 e. The van der Waals surface area contributed by atoms with E-state index in [1.807, 2.05) is 0 Å². The van der Waals surface area contributed by atoms with Gasteiger partial charge < -0.3 is 6.15 Å². The summed E-state index contributed by atoms with van der Waals surface area (Å²) in [5, 5.41) is 13.5. The van der Waals surface area contributed by atoms with Gasteiger partial charge >= 0.3 is 5.02 Å². The third-order valence-corrected chi connectivity index (χ3v) is 0. The molecule has 0 aliphatic heterocycles. The van der Waals surface area contributed by atoms with Gasteiger partial charge in [-0.15, -0.1) is 0 Å². The Morgan fingerprint density at radius 2 is 1.40 bits per heavy atom. The molecule has 0 aromatic carbocycles. The van der Waals surface area contributed by atoms with Gasteiger partial charge in [0.05, 0.1) is 0 Å². The molecule has 0 radical (unpaired) electrons. The number of hydrogen-bond donors (Lipinski definition) is 4. The van der Waals surface area contributed by atoms with Crippen molar-refractivity contribution in [1.29, 1.82) is 5.53 Å². The second-order valence-corrected chi connectivity index (χ2v) is 0.289. The molecule has 5 nitrogen and oxygen atoms in total. The first-order valence-electron chi connectivity index (χ1n) is 0.624. The molecule has 0 spiro atoms. The van der Waals surface area contributed by atoms with E-state index in [0.717, 1.165) is 0 Å². The van der Waals surface area contributed by atoms with Gasteiger partial charge in [0.1, 0.15) is 0 Å². The van der Waals surface area contributed by atoms with E-state index in [2.05, 4.69) is 0 Å². The number of nitrogens with one attached hydrogen (secondary N) is 1. The van der Waals surface area contributed by atoms with Crippen LogP contribution in [0.2, 0.25) is 0 Å². The number of rotatable bonds is 0. The quantitative estimate of drug-likeness (QED) is 0.242. The van der Waals surface area contributed by atoms with Crippen molar-refractivity contribution in [3.05, 3.63) is 0 Å². The molecule has 0 aromatic heterocycles. The Balaban J connectivity index is 0. The van der Waals surface area contributed by atoms with Crippen LogP contribution < -0.4 is 6.15 Å². The van der Waals surface area contributed by atoms with Crippen LogP contribution in [0.1, 0.15) is 0 Å². The zero-order chi connectivity index (χ0) is 3.58. The van der Waals surface area contributed by atoms with Crippen molar-refractivity contribution in [1.82, 2.24) is 6.15 Å². The molecule has 0 unspecified atom stereocenters. The first kappa shape index (κ1) is 8.90. The maximum Gasteiger partial charge on any atom is 0.326 e. The van der Waals surface area contributed by atoms with Crippen molar-refractivity contribution in [2.75, 3.05) is 0 Å². The molecule has 32 valence electrons. The highest BCUT2D eigenvalue weighted by Crippen LogP contribution is 1.32. The lowest BCUT2D eigenvalue weighted by molar-refractivity contribution is -1.01. The first-order chi connectivity index (χ1) is 1.73. The van der Waals surface area contributed by atoms with Gasteiger partial charge in [0.25, 0.3) is 0 Å². The van der Waals surface area contributed by atoms with Crippen LogP contribution >= 0.6 is 0 Å². The smallest absolute Gasteiger partial charge is 0.326 e. The van der Waals surface area contributed by atoms with E-state index in [9.17, 15) is 0 Å². The van der Waals surface area contributed by atoms with Crippen molar-refractivity contribution >= 4 is 0 Å². The van der Waals surface area contributed by atoms with Crippen LogP contribution in [0.4, 0.5) is 0 Å².